The molecular formula is C13H19NO2. The van der Waals surface area contributed by atoms with Crippen molar-refractivity contribution >= 4 is 11.8 Å². The Morgan fingerprint density at radius 3 is 1.88 bits per heavy atom. The number of rotatable bonds is 3. The predicted molar refractivity (Wildman–Crippen MR) is 66.3 cm³/mol. The van der Waals surface area contributed by atoms with Crippen LogP contribution < -0.4 is 5.32 Å². The molecule has 0 atom stereocenters. The average molecular weight is 221 g/mol. The van der Waals surface area contributed by atoms with Crippen LogP contribution in [0.2, 0.25) is 0 Å². The normalized spacial score (nSPS) is 10.9. The van der Waals surface area contributed by atoms with Crippen molar-refractivity contribution in [1.82, 2.24) is 0 Å². The molecule has 16 heavy (non-hydrogen) atoms. The second-order valence-electron chi connectivity index (χ2n) is 4.55. The van der Waals surface area contributed by atoms with E-state index in [1.807, 2.05) is 18.2 Å². The quantitative estimate of drug-likeness (QED) is 0.809. The van der Waals surface area contributed by atoms with E-state index in [0.29, 0.717) is 11.8 Å². The molecule has 3 nitrogen and oxygen atoms in total. The first-order valence-electron chi connectivity index (χ1n) is 5.56. The summed E-state index contributed by atoms with van der Waals surface area (Å²) in [5.41, 5.74) is 2.85. The van der Waals surface area contributed by atoms with E-state index < -0.39 is 6.09 Å². The first kappa shape index (κ1) is 12.6. The van der Waals surface area contributed by atoms with E-state index in [1.165, 1.54) is 0 Å². The SMILES string of the molecule is CC(C)c1cccc(C(C)C)c1NC(=O)O. The summed E-state index contributed by atoms with van der Waals surface area (Å²) in [4.78, 5) is 10.8. The molecule has 0 saturated heterocycles. The molecule has 0 fully saturated rings. The zero-order valence-electron chi connectivity index (χ0n) is 10.2. The summed E-state index contributed by atoms with van der Waals surface area (Å²) in [5.74, 6) is 0.612. The predicted octanol–water partition coefficient (Wildman–Crippen LogP) is 4.02. The van der Waals surface area contributed by atoms with E-state index in [4.69, 9.17) is 5.11 Å². The Kier molecular flexibility index (Phi) is 3.93. The minimum atomic E-state index is -1.00. The van der Waals surface area contributed by atoms with Gasteiger partial charge in [-0.2, -0.15) is 0 Å². The molecule has 2 N–H and O–H groups in total. The van der Waals surface area contributed by atoms with Gasteiger partial charge in [0.25, 0.3) is 0 Å². The molecule has 0 radical (unpaired) electrons. The second kappa shape index (κ2) is 5.01. The lowest BCUT2D eigenvalue weighted by molar-refractivity contribution is 0.209. The van der Waals surface area contributed by atoms with Gasteiger partial charge in [-0.05, 0) is 23.0 Å². The van der Waals surface area contributed by atoms with Crippen LogP contribution in [-0.2, 0) is 0 Å². The summed E-state index contributed by atoms with van der Waals surface area (Å²) in [6.07, 6.45) is -1.00. The lowest BCUT2D eigenvalue weighted by atomic mass is 9.93. The molecule has 0 aromatic heterocycles. The van der Waals surface area contributed by atoms with Crippen molar-refractivity contribution < 1.29 is 9.90 Å². The first-order valence-corrected chi connectivity index (χ1v) is 5.56. The number of hydrogen-bond donors (Lipinski definition) is 2. The smallest absolute Gasteiger partial charge is 0.409 e. The van der Waals surface area contributed by atoms with Crippen LogP contribution in [0.4, 0.5) is 10.5 Å². The van der Waals surface area contributed by atoms with Gasteiger partial charge in [0.1, 0.15) is 0 Å². The molecule has 1 aromatic carbocycles. The van der Waals surface area contributed by atoms with Gasteiger partial charge in [0.05, 0.1) is 5.69 Å². The number of carboxylic acid groups (broad SMARTS) is 1. The van der Waals surface area contributed by atoms with Gasteiger partial charge in [-0.3, -0.25) is 5.32 Å². The highest BCUT2D eigenvalue weighted by Crippen LogP contribution is 2.32. The van der Waals surface area contributed by atoms with Crippen molar-refractivity contribution in [2.24, 2.45) is 0 Å². The Labute approximate surface area is 96.5 Å². The fourth-order valence-corrected chi connectivity index (χ4v) is 1.80. The van der Waals surface area contributed by atoms with Crippen molar-refractivity contribution in [3.05, 3.63) is 29.3 Å². The molecule has 88 valence electrons. The first-order chi connectivity index (χ1) is 7.43. The topological polar surface area (TPSA) is 49.3 Å². The number of carbonyl (C=O) groups is 1. The van der Waals surface area contributed by atoms with Crippen molar-refractivity contribution in [2.75, 3.05) is 5.32 Å². The lowest BCUT2D eigenvalue weighted by Gasteiger charge is -2.18. The Morgan fingerprint density at radius 1 is 1.12 bits per heavy atom. The minimum absolute atomic E-state index is 0.306. The van der Waals surface area contributed by atoms with Gasteiger partial charge in [-0.15, -0.1) is 0 Å². The lowest BCUT2D eigenvalue weighted by Crippen LogP contribution is -2.12. The van der Waals surface area contributed by atoms with E-state index in [1.54, 1.807) is 0 Å². The van der Waals surface area contributed by atoms with E-state index in [0.717, 1.165) is 16.8 Å². The second-order valence-corrected chi connectivity index (χ2v) is 4.55. The Bertz CT molecular complexity index is 357. The molecule has 1 aromatic rings. The van der Waals surface area contributed by atoms with E-state index in [9.17, 15) is 4.79 Å². The summed E-state index contributed by atoms with van der Waals surface area (Å²) >= 11 is 0. The fourth-order valence-electron chi connectivity index (χ4n) is 1.80. The largest absolute Gasteiger partial charge is 0.465 e. The van der Waals surface area contributed by atoms with Gasteiger partial charge in [-0.1, -0.05) is 45.9 Å². The van der Waals surface area contributed by atoms with Crippen LogP contribution in [0.25, 0.3) is 0 Å². The third-order valence-electron chi connectivity index (χ3n) is 2.60. The zero-order valence-corrected chi connectivity index (χ0v) is 10.2. The summed E-state index contributed by atoms with van der Waals surface area (Å²) in [6, 6.07) is 5.93. The Hall–Kier alpha value is -1.51. The maximum atomic E-state index is 10.8. The number of para-hydroxylation sites is 1. The molecule has 0 saturated carbocycles. The maximum absolute atomic E-state index is 10.8. The highest BCUT2D eigenvalue weighted by molar-refractivity contribution is 5.85. The summed E-state index contributed by atoms with van der Waals surface area (Å²) in [5, 5.41) is 11.4. The van der Waals surface area contributed by atoms with Crippen molar-refractivity contribution in [1.29, 1.82) is 0 Å². The summed E-state index contributed by atoms with van der Waals surface area (Å²) in [6.45, 7) is 8.25. The monoisotopic (exact) mass is 221 g/mol. The number of benzene rings is 1. The molecule has 1 amide bonds. The molecule has 1 rings (SSSR count). The third-order valence-corrected chi connectivity index (χ3v) is 2.60. The van der Waals surface area contributed by atoms with E-state index in [-0.39, 0.29) is 0 Å². The average Bonchev–Trinajstić information content (AvgIpc) is 2.16. The van der Waals surface area contributed by atoms with Crippen molar-refractivity contribution in [3.8, 4) is 0 Å². The Morgan fingerprint density at radius 2 is 1.56 bits per heavy atom. The van der Waals surface area contributed by atoms with Crippen LogP contribution in [-0.4, -0.2) is 11.2 Å². The molecule has 0 aliphatic carbocycles. The van der Waals surface area contributed by atoms with Gasteiger partial charge < -0.3 is 5.11 Å². The van der Waals surface area contributed by atoms with Gasteiger partial charge in [0.2, 0.25) is 0 Å². The van der Waals surface area contributed by atoms with Crippen LogP contribution in [0, 0.1) is 0 Å². The summed E-state index contributed by atoms with van der Waals surface area (Å²) < 4.78 is 0. The molecule has 0 bridgehead atoms. The minimum Gasteiger partial charge on any atom is -0.465 e. The van der Waals surface area contributed by atoms with E-state index >= 15 is 0 Å². The molecule has 0 spiro atoms. The molecule has 0 aliphatic rings. The van der Waals surface area contributed by atoms with Crippen LogP contribution in [0.3, 0.4) is 0 Å². The molecule has 0 aliphatic heterocycles. The number of hydrogen-bond acceptors (Lipinski definition) is 1. The van der Waals surface area contributed by atoms with Crippen molar-refractivity contribution in [2.45, 2.75) is 39.5 Å². The number of nitrogens with one attached hydrogen (secondary N) is 1. The summed E-state index contributed by atoms with van der Waals surface area (Å²) in [7, 11) is 0. The fraction of sp³-hybridized carbons (Fsp3) is 0.462. The maximum Gasteiger partial charge on any atom is 0.409 e. The van der Waals surface area contributed by atoms with Gasteiger partial charge in [0, 0.05) is 0 Å². The Balaban J connectivity index is 3.28. The van der Waals surface area contributed by atoms with Crippen molar-refractivity contribution in [3.63, 3.8) is 0 Å². The number of amides is 1. The highest BCUT2D eigenvalue weighted by atomic mass is 16.4. The molecule has 0 heterocycles. The van der Waals surface area contributed by atoms with Gasteiger partial charge in [-0.25, -0.2) is 4.79 Å². The zero-order chi connectivity index (χ0) is 12.3. The van der Waals surface area contributed by atoms with Gasteiger partial charge >= 0.3 is 6.09 Å². The number of anilines is 1. The highest BCUT2D eigenvalue weighted by Gasteiger charge is 2.14. The van der Waals surface area contributed by atoms with E-state index in [2.05, 4.69) is 33.0 Å². The standard InChI is InChI=1S/C13H19NO2/c1-8(2)10-6-5-7-11(9(3)4)12(10)14-13(15)16/h5-9,14H,1-4H3,(H,15,16). The molecular weight excluding hydrogens is 202 g/mol. The van der Waals surface area contributed by atoms with Crippen LogP contribution in [0.15, 0.2) is 18.2 Å². The van der Waals surface area contributed by atoms with Crippen LogP contribution in [0.1, 0.15) is 50.7 Å². The third kappa shape index (κ3) is 2.75. The van der Waals surface area contributed by atoms with Gasteiger partial charge in [0.15, 0.2) is 0 Å². The van der Waals surface area contributed by atoms with Crippen LogP contribution >= 0.6 is 0 Å². The molecule has 3 heteroatoms. The van der Waals surface area contributed by atoms with Crippen LogP contribution in [0.5, 0.6) is 0 Å². The molecule has 0 unspecified atom stereocenters.